The van der Waals surface area contributed by atoms with Gasteiger partial charge in [-0.15, -0.1) is 0 Å². The molecular weight excluding hydrogens is 370 g/mol. The van der Waals surface area contributed by atoms with Crippen molar-refractivity contribution in [2.24, 2.45) is 5.73 Å². The summed E-state index contributed by atoms with van der Waals surface area (Å²) in [5.74, 6) is 0.923. The van der Waals surface area contributed by atoms with E-state index in [1.807, 2.05) is 31.2 Å². The number of hydrogen-bond donors (Lipinski definition) is 1. The van der Waals surface area contributed by atoms with E-state index in [1.54, 1.807) is 0 Å². The monoisotopic (exact) mass is 387 g/mol. The summed E-state index contributed by atoms with van der Waals surface area (Å²) in [7, 11) is 0. The first kappa shape index (κ1) is 17.7. The molecule has 0 aliphatic carbocycles. The van der Waals surface area contributed by atoms with E-state index in [-0.39, 0.29) is 11.9 Å². The SMILES string of the molecule is Cc1nc(CN2CCC[C@@H]2c2nc(C(N)=O)no2)oc1-c1ccc(Cl)cc1. The zero-order chi connectivity index (χ0) is 19.0. The fraction of sp³-hybridized carbons (Fsp3) is 0.333. The highest BCUT2D eigenvalue weighted by Crippen LogP contribution is 2.33. The topological polar surface area (TPSA) is 111 Å². The number of carbonyl (C=O) groups is 1. The standard InChI is InChI=1S/C18H18ClN5O3/c1-10-15(11-4-6-12(19)7-5-11)26-14(21-10)9-24-8-2-3-13(24)18-22-17(16(20)25)23-27-18/h4-7,13H,2-3,8-9H2,1H3,(H2,20,25)/t13-/m1/s1. The van der Waals surface area contributed by atoms with Crippen molar-refractivity contribution in [2.45, 2.75) is 32.4 Å². The van der Waals surface area contributed by atoms with Gasteiger partial charge in [-0.3, -0.25) is 9.69 Å². The Morgan fingerprint density at radius 1 is 1.33 bits per heavy atom. The Kier molecular flexibility index (Phi) is 4.67. The zero-order valence-electron chi connectivity index (χ0n) is 14.7. The van der Waals surface area contributed by atoms with Gasteiger partial charge in [0.15, 0.2) is 5.76 Å². The van der Waals surface area contributed by atoms with Crippen LogP contribution in [0, 0.1) is 6.92 Å². The number of aromatic nitrogens is 3. The number of benzene rings is 1. The molecule has 0 spiro atoms. The van der Waals surface area contributed by atoms with Crippen LogP contribution in [0.5, 0.6) is 0 Å². The number of oxazole rings is 1. The van der Waals surface area contributed by atoms with Crippen LogP contribution in [0.3, 0.4) is 0 Å². The Balaban J connectivity index is 1.53. The largest absolute Gasteiger partial charge is 0.439 e. The van der Waals surface area contributed by atoms with Crippen LogP contribution in [-0.2, 0) is 6.54 Å². The van der Waals surface area contributed by atoms with Crippen LogP contribution in [0.2, 0.25) is 5.02 Å². The van der Waals surface area contributed by atoms with E-state index < -0.39 is 5.91 Å². The average molecular weight is 388 g/mol. The maximum Gasteiger partial charge on any atom is 0.290 e. The number of hydrogen-bond acceptors (Lipinski definition) is 7. The number of primary amides is 1. The van der Waals surface area contributed by atoms with Gasteiger partial charge < -0.3 is 14.7 Å². The van der Waals surface area contributed by atoms with Crippen molar-refractivity contribution in [1.29, 1.82) is 0 Å². The summed E-state index contributed by atoms with van der Waals surface area (Å²) in [6.45, 7) is 3.26. The molecule has 0 radical (unpaired) electrons. The highest BCUT2D eigenvalue weighted by molar-refractivity contribution is 6.30. The van der Waals surface area contributed by atoms with Crippen molar-refractivity contribution in [1.82, 2.24) is 20.0 Å². The second-order valence-electron chi connectivity index (χ2n) is 6.48. The number of rotatable bonds is 5. The van der Waals surface area contributed by atoms with Gasteiger partial charge >= 0.3 is 0 Å². The Morgan fingerprint density at radius 3 is 2.81 bits per heavy atom. The molecule has 140 valence electrons. The van der Waals surface area contributed by atoms with Gasteiger partial charge in [0.05, 0.1) is 18.3 Å². The van der Waals surface area contributed by atoms with Gasteiger partial charge in [-0.1, -0.05) is 16.8 Å². The highest BCUT2D eigenvalue weighted by atomic mass is 35.5. The molecular formula is C18H18ClN5O3. The Bertz CT molecular complexity index is 966. The first-order chi connectivity index (χ1) is 13.0. The third-order valence-electron chi connectivity index (χ3n) is 4.60. The lowest BCUT2D eigenvalue weighted by atomic mass is 10.1. The summed E-state index contributed by atoms with van der Waals surface area (Å²) < 4.78 is 11.2. The molecule has 1 aliphatic heterocycles. The Hall–Kier alpha value is -2.71. The van der Waals surface area contributed by atoms with Crippen molar-refractivity contribution < 1.29 is 13.7 Å². The van der Waals surface area contributed by atoms with Gasteiger partial charge in [-0.2, -0.15) is 4.98 Å². The summed E-state index contributed by atoms with van der Waals surface area (Å²) in [6, 6.07) is 7.36. The van der Waals surface area contributed by atoms with E-state index in [1.165, 1.54) is 0 Å². The zero-order valence-corrected chi connectivity index (χ0v) is 15.4. The molecule has 3 heterocycles. The predicted molar refractivity (Wildman–Crippen MR) is 96.9 cm³/mol. The third-order valence-corrected chi connectivity index (χ3v) is 4.85. The number of amides is 1. The lowest BCUT2D eigenvalue weighted by Crippen LogP contribution is -2.23. The van der Waals surface area contributed by atoms with Gasteiger partial charge in [-0.25, -0.2) is 4.98 Å². The highest BCUT2D eigenvalue weighted by Gasteiger charge is 2.32. The first-order valence-electron chi connectivity index (χ1n) is 8.61. The second kappa shape index (κ2) is 7.13. The minimum absolute atomic E-state index is 0.0863. The van der Waals surface area contributed by atoms with Gasteiger partial charge in [0.25, 0.3) is 11.7 Å². The summed E-state index contributed by atoms with van der Waals surface area (Å²) in [5.41, 5.74) is 6.94. The van der Waals surface area contributed by atoms with Crippen molar-refractivity contribution in [3.8, 4) is 11.3 Å². The van der Waals surface area contributed by atoms with E-state index in [0.717, 1.165) is 36.4 Å². The van der Waals surface area contributed by atoms with Crippen molar-refractivity contribution >= 4 is 17.5 Å². The maximum absolute atomic E-state index is 11.2. The molecule has 3 aromatic rings. The quantitative estimate of drug-likeness (QED) is 0.715. The Labute approximate surface area is 160 Å². The molecule has 4 rings (SSSR count). The normalized spacial score (nSPS) is 17.5. The predicted octanol–water partition coefficient (Wildman–Crippen LogP) is 3.12. The van der Waals surface area contributed by atoms with Gasteiger partial charge in [0, 0.05) is 10.6 Å². The van der Waals surface area contributed by atoms with Crippen LogP contribution in [0.4, 0.5) is 0 Å². The van der Waals surface area contributed by atoms with Crippen molar-refractivity contribution in [3.05, 3.63) is 52.6 Å². The lowest BCUT2D eigenvalue weighted by molar-refractivity contribution is 0.0987. The van der Waals surface area contributed by atoms with Crippen LogP contribution in [0.25, 0.3) is 11.3 Å². The number of carbonyl (C=O) groups excluding carboxylic acids is 1. The van der Waals surface area contributed by atoms with Gasteiger partial charge in [-0.05, 0) is 50.6 Å². The fourth-order valence-electron chi connectivity index (χ4n) is 3.33. The molecule has 0 bridgehead atoms. The number of aryl methyl sites for hydroxylation is 1. The lowest BCUT2D eigenvalue weighted by Gasteiger charge is -2.19. The molecule has 9 heteroatoms. The fourth-order valence-corrected chi connectivity index (χ4v) is 3.45. The molecule has 1 aliphatic rings. The van der Waals surface area contributed by atoms with E-state index in [0.29, 0.717) is 23.3 Å². The molecule has 1 amide bonds. The molecule has 0 unspecified atom stereocenters. The minimum atomic E-state index is -0.703. The summed E-state index contributed by atoms with van der Waals surface area (Å²) >= 11 is 5.95. The van der Waals surface area contributed by atoms with Gasteiger partial charge in [0.2, 0.25) is 11.8 Å². The molecule has 8 nitrogen and oxygen atoms in total. The molecule has 0 saturated carbocycles. The number of halogens is 1. The maximum atomic E-state index is 11.2. The number of nitrogens with two attached hydrogens (primary N) is 1. The number of likely N-dealkylation sites (tertiary alicyclic amines) is 1. The molecule has 2 aromatic heterocycles. The summed E-state index contributed by atoms with van der Waals surface area (Å²) in [4.78, 5) is 22.0. The second-order valence-corrected chi connectivity index (χ2v) is 6.91. The molecule has 1 saturated heterocycles. The minimum Gasteiger partial charge on any atom is -0.439 e. The molecule has 1 aromatic carbocycles. The van der Waals surface area contributed by atoms with Crippen LogP contribution in [0.1, 0.15) is 47.0 Å². The third kappa shape index (κ3) is 3.58. The molecule has 1 fully saturated rings. The summed E-state index contributed by atoms with van der Waals surface area (Å²) in [5, 5.41) is 4.30. The molecule has 1 atom stereocenters. The Morgan fingerprint density at radius 2 is 2.11 bits per heavy atom. The molecule has 27 heavy (non-hydrogen) atoms. The average Bonchev–Trinajstić information content (AvgIpc) is 3.35. The van der Waals surface area contributed by atoms with Crippen molar-refractivity contribution in [3.63, 3.8) is 0 Å². The van der Waals surface area contributed by atoms with Crippen molar-refractivity contribution in [2.75, 3.05) is 6.54 Å². The van der Waals surface area contributed by atoms with Gasteiger partial charge in [0.1, 0.15) is 0 Å². The van der Waals surface area contributed by atoms with Crippen LogP contribution < -0.4 is 5.73 Å². The number of nitrogens with zero attached hydrogens (tertiary/aromatic N) is 4. The molecule has 2 N–H and O–H groups in total. The van der Waals surface area contributed by atoms with E-state index in [4.69, 9.17) is 26.3 Å². The van der Waals surface area contributed by atoms with Crippen LogP contribution in [-0.4, -0.2) is 32.5 Å². The first-order valence-corrected chi connectivity index (χ1v) is 8.99. The van der Waals surface area contributed by atoms with E-state index in [2.05, 4.69) is 20.0 Å². The smallest absolute Gasteiger partial charge is 0.290 e. The van der Waals surface area contributed by atoms with Crippen LogP contribution in [0.15, 0.2) is 33.2 Å². The van der Waals surface area contributed by atoms with Crippen LogP contribution >= 0.6 is 11.6 Å². The summed E-state index contributed by atoms with van der Waals surface area (Å²) in [6.07, 6.45) is 1.83. The van der Waals surface area contributed by atoms with E-state index >= 15 is 0 Å². The van der Waals surface area contributed by atoms with E-state index in [9.17, 15) is 4.79 Å².